The van der Waals surface area contributed by atoms with Crippen LogP contribution in [0.1, 0.15) is 15.9 Å². The van der Waals surface area contributed by atoms with Crippen molar-refractivity contribution in [2.24, 2.45) is 0 Å². The van der Waals surface area contributed by atoms with Gasteiger partial charge in [-0.2, -0.15) is 0 Å². The number of hydrogen-bond acceptors (Lipinski definition) is 3. The van der Waals surface area contributed by atoms with Gasteiger partial charge in [-0.05, 0) is 42.0 Å². The molecule has 20 heavy (non-hydrogen) atoms. The molecule has 2 rings (SSSR count). The van der Waals surface area contributed by atoms with Crippen molar-refractivity contribution in [1.29, 1.82) is 0 Å². The third kappa shape index (κ3) is 3.61. The minimum Gasteiger partial charge on any atom is -0.508 e. The minimum absolute atomic E-state index is 0.119. The Hall–Kier alpha value is -2.27. The first-order valence-electron chi connectivity index (χ1n) is 5.86. The quantitative estimate of drug-likeness (QED) is 0.754. The SMILES string of the molecule is C=C(NNC(=O)c1ccc(O)cc1)c1ccc(Br)cc1. The molecule has 0 aromatic heterocycles. The summed E-state index contributed by atoms with van der Waals surface area (Å²) in [6.45, 7) is 3.85. The Labute approximate surface area is 125 Å². The van der Waals surface area contributed by atoms with Crippen molar-refractivity contribution in [3.63, 3.8) is 0 Å². The lowest BCUT2D eigenvalue weighted by molar-refractivity contribution is 0.0942. The van der Waals surface area contributed by atoms with Crippen LogP contribution in [0.5, 0.6) is 5.75 Å². The molecular weight excluding hydrogens is 320 g/mol. The normalized spacial score (nSPS) is 9.85. The molecule has 5 heteroatoms. The second kappa shape index (κ2) is 6.25. The van der Waals surface area contributed by atoms with Gasteiger partial charge in [-0.1, -0.05) is 34.6 Å². The summed E-state index contributed by atoms with van der Waals surface area (Å²) in [4.78, 5) is 11.8. The molecule has 2 aromatic rings. The van der Waals surface area contributed by atoms with E-state index in [0.717, 1.165) is 10.0 Å². The molecule has 0 aliphatic heterocycles. The fourth-order valence-corrected chi connectivity index (χ4v) is 1.80. The molecule has 0 fully saturated rings. The summed E-state index contributed by atoms with van der Waals surface area (Å²) in [5, 5.41) is 9.16. The number of rotatable bonds is 4. The van der Waals surface area contributed by atoms with Crippen LogP contribution >= 0.6 is 15.9 Å². The van der Waals surface area contributed by atoms with Gasteiger partial charge in [0.1, 0.15) is 5.75 Å². The van der Waals surface area contributed by atoms with E-state index in [1.807, 2.05) is 24.3 Å². The average molecular weight is 333 g/mol. The van der Waals surface area contributed by atoms with E-state index in [9.17, 15) is 4.79 Å². The van der Waals surface area contributed by atoms with Crippen LogP contribution in [0.15, 0.2) is 59.6 Å². The number of carbonyl (C=O) groups excluding carboxylic acids is 1. The maximum Gasteiger partial charge on any atom is 0.269 e. The highest BCUT2D eigenvalue weighted by Crippen LogP contribution is 2.14. The smallest absolute Gasteiger partial charge is 0.269 e. The zero-order valence-corrected chi connectivity index (χ0v) is 12.1. The van der Waals surface area contributed by atoms with Gasteiger partial charge in [0.25, 0.3) is 5.91 Å². The summed E-state index contributed by atoms with van der Waals surface area (Å²) >= 11 is 3.35. The Kier molecular flexibility index (Phi) is 4.42. The number of phenolic OH excluding ortho intramolecular Hbond substituents is 1. The van der Waals surface area contributed by atoms with Gasteiger partial charge >= 0.3 is 0 Å². The predicted octanol–water partition coefficient (Wildman–Crippen LogP) is 3.06. The highest BCUT2D eigenvalue weighted by molar-refractivity contribution is 9.10. The largest absolute Gasteiger partial charge is 0.508 e. The summed E-state index contributed by atoms with van der Waals surface area (Å²) < 4.78 is 0.974. The van der Waals surface area contributed by atoms with Crippen LogP contribution in [0.3, 0.4) is 0 Å². The molecule has 0 heterocycles. The van der Waals surface area contributed by atoms with E-state index in [0.29, 0.717) is 11.3 Å². The van der Waals surface area contributed by atoms with Gasteiger partial charge in [-0.25, -0.2) is 0 Å². The Balaban J connectivity index is 1.94. The Bertz CT molecular complexity index is 564. The molecule has 0 atom stereocenters. The molecule has 2 aromatic carbocycles. The van der Waals surface area contributed by atoms with Crippen LogP contribution in [-0.2, 0) is 0 Å². The van der Waals surface area contributed by atoms with E-state index in [2.05, 4.69) is 33.4 Å². The van der Waals surface area contributed by atoms with Gasteiger partial charge in [0.2, 0.25) is 0 Å². The van der Waals surface area contributed by atoms with Crippen LogP contribution in [0, 0.1) is 0 Å². The molecule has 0 bridgehead atoms. The number of hydrogen-bond donors (Lipinski definition) is 3. The minimum atomic E-state index is -0.303. The lowest BCUT2D eigenvalue weighted by Gasteiger charge is -2.11. The maximum absolute atomic E-state index is 11.8. The Morgan fingerprint density at radius 1 is 0.950 bits per heavy atom. The molecule has 4 nitrogen and oxygen atoms in total. The van der Waals surface area contributed by atoms with Crippen LogP contribution in [0.25, 0.3) is 5.70 Å². The lowest BCUT2D eigenvalue weighted by Crippen LogP contribution is -2.35. The second-order valence-corrected chi connectivity index (χ2v) is 5.03. The number of phenols is 1. The number of nitrogens with one attached hydrogen (secondary N) is 2. The molecular formula is C15H13BrN2O2. The number of amides is 1. The standard InChI is InChI=1S/C15H13BrN2O2/c1-10(11-2-6-13(16)7-3-11)17-18-15(20)12-4-8-14(19)9-5-12/h2-9,17,19H,1H2,(H,18,20). The first-order valence-corrected chi connectivity index (χ1v) is 6.66. The number of hydrazine groups is 1. The number of benzene rings is 2. The fourth-order valence-electron chi connectivity index (χ4n) is 1.54. The van der Waals surface area contributed by atoms with E-state index in [-0.39, 0.29) is 11.7 Å². The van der Waals surface area contributed by atoms with Crippen molar-refractivity contribution in [2.45, 2.75) is 0 Å². The van der Waals surface area contributed by atoms with Crippen molar-refractivity contribution in [2.75, 3.05) is 0 Å². The van der Waals surface area contributed by atoms with Crippen LogP contribution in [0.2, 0.25) is 0 Å². The van der Waals surface area contributed by atoms with Gasteiger partial charge in [-0.15, -0.1) is 0 Å². The topological polar surface area (TPSA) is 61.4 Å². The molecule has 0 saturated heterocycles. The summed E-state index contributed by atoms with van der Waals surface area (Å²) in [6.07, 6.45) is 0. The molecule has 0 aliphatic carbocycles. The summed E-state index contributed by atoms with van der Waals surface area (Å²) in [7, 11) is 0. The fraction of sp³-hybridized carbons (Fsp3) is 0. The highest BCUT2D eigenvalue weighted by Gasteiger charge is 2.05. The summed E-state index contributed by atoms with van der Waals surface area (Å²) in [5.41, 5.74) is 7.21. The highest BCUT2D eigenvalue weighted by atomic mass is 79.9. The van der Waals surface area contributed by atoms with Gasteiger partial charge in [0, 0.05) is 10.0 Å². The third-order valence-corrected chi connectivity index (χ3v) is 3.18. The molecule has 0 saturated carbocycles. The van der Waals surface area contributed by atoms with E-state index in [1.165, 1.54) is 24.3 Å². The molecule has 1 amide bonds. The van der Waals surface area contributed by atoms with E-state index in [1.54, 1.807) is 0 Å². The molecule has 0 spiro atoms. The maximum atomic E-state index is 11.8. The first-order chi connectivity index (χ1) is 9.56. The zero-order valence-electron chi connectivity index (χ0n) is 10.6. The predicted molar refractivity (Wildman–Crippen MR) is 81.9 cm³/mol. The van der Waals surface area contributed by atoms with Crippen molar-refractivity contribution in [1.82, 2.24) is 10.9 Å². The van der Waals surface area contributed by atoms with Gasteiger partial charge in [0.15, 0.2) is 0 Å². The average Bonchev–Trinajstić information content (AvgIpc) is 2.46. The number of aromatic hydroxyl groups is 1. The van der Waals surface area contributed by atoms with E-state index in [4.69, 9.17) is 5.11 Å². The lowest BCUT2D eigenvalue weighted by atomic mass is 10.2. The van der Waals surface area contributed by atoms with Crippen molar-refractivity contribution in [3.05, 3.63) is 70.7 Å². The van der Waals surface area contributed by atoms with Crippen LogP contribution < -0.4 is 10.9 Å². The second-order valence-electron chi connectivity index (χ2n) is 4.11. The monoisotopic (exact) mass is 332 g/mol. The molecule has 102 valence electrons. The summed E-state index contributed by atoms with van der Waals surface area (Å²) in [6, 6.07) is 13.5. The zero-order chi connectivity index (χ0) is 14.5. The van der Waals surface area contributed by atoms with E-state index >= 15 is 0 Å². The van der Waals surface area contributed by atoms with Gasteiger partial charge < -0.3 is 5.11 Å². The van der Waals surface area contributed by atoms with Crippen molar-refractivity contribution in [3.8, 4) is 5.75 Å². The van der Waals surface area contributed by atoms with Crippen molar-refractivity contribution >= 4 is 27.5 Å². The van der Waals surface area contributed by atoms with Gasteiger partial charge in [-0.3, -0.25) is 15.6 Å². The molecule has 0 radical (unpaired) electrons. The Morgan fingerprint density at radius 3 is 2.10 bits per heavy atom. The van der Waals surface area contributed by atoms with E-state index < -0.39 is 0 Å². The molecule has 0 aliphatic rings. The van der Waals surface area contributed by atoms with Crippen LogP contribution in [0.4, 0.5) is 0 Å². The number of carbonyl (C=O) groups is 1. The molecule has 0 unspecified atom stereocenters. The molecule has 3 N–H and O–H groups in total. The number of halogens is 1. The Morgan fingerprint density at radius 2 is 1.50 bits per heavy atom. The van der Waals surface area contributed by atoms with Crippen LogP contribution in [-0.4, -0.2) is 11.0 Å². The summed E-state index contributed by atoms with van der Waals surface area (Å²) in [5.74, 6) is -0.183. The third-order valence-electron chi connectivity index (χ3n) is 2.65. The first kappa shape index (κ1) is 14.1. The van der Waals surface area contributed by atoms with Crippen molar-refractivity contribution < 1.29 is 9.90 Å². The van der Waals surface area contributed by atoms with Gasteiger partial charge in [0.05, 0.1) is 5.70 Å².